The highest BCUT2D eigenvalue weighted by atomic mass is 79.9. The molecule has 0 aromatic heterocycles. The standard InChI is InChI=1S/C17H22BrN3O2/c1-12-9-14(3-4-15(12)18)21-11-13(10-16(21)22)17(23)20-7-5-19(2)6-8-20/h3-4,9,13H,5-8,10-11H2,1-2H3. The zero-order valence-electron chi connectivity index (χ0n) is 13.6. The summed E-state index contributed by atoms with van der Waals surface area (Å²) in [4.78, 5) is 30.9. The first-order valence-corrected chi connectivity index (χ1v) is 8.79. The summed E-state index contributed by atoms with van der Waals surface area (Å²) in [6.07, 6.45) is 0.320. The minimum Gasteiger partial charge on any atom is -0.340 e. The SMILES string of the molecule is Cc1cc(N2CC(C(=O)N3CCN(C)CC3)CC2=O)ccc1Br. The van der Waals surface area contributed by atoms with Crippen molar-refractivity contribution >= 4 is 33.4 Å². The second kappa shape index (κ2) is 6.61. The maximum Gasteiger partial charge on any atom is 0.228 e. The molecule has 0 bridgehead atoms. The lowest BCUT2D eigenvalue weighted by Crippen LogP contribution is -2.49. The molecule has 2 saturated heterocycles. The van der Waals surface area contributed by atoms with E-state index in [2.05, 4.69) is 27.9 Å². The Balaban J connectivity index is 1.69. The number of carbonyl (C=O) groups is 2. The Bertz CT molecular complexity index is 626. The van der Waals surface area contributed by atoms with Crippen molar-refractivity contribution in [1.82, 2.24) is 9.80 Å². The number of anilines is 1. The summed E-state index contributed by atoms with van der Waals surface area (Å²) in [5.74, 6) is -0.0446. The van der Waals surface area contributed by atoms with Crippen molar-refractivity contribution in [3.63, 3.8) is 0 Å². The highest BCUT2D eigenvalue weighted by molar-refractivity contribution is 9.10. The van der Waals surface area contributed by atoms with Crippen LogP contribution in [0, 0.1) is 12.8 Å². The average molecular weight is 380 g/mol. The molecule has 0 aliphatic carbocycles. The number of halogens is 1. The van der Waals surface area contributed by atoms with E-state index in [1.54, 1.807) is 4.90 Å². The van der Waals surface area contributed by atoms with Crippen LogP contribution >= 0.6 is 15.9 Å². The van der Waals surface area contributed by atoms with Crippen LogP contribution in [-0.4, -0.2) is 61.4 Å². The van der Waals surface area contributed by atoms with Crippen molar-refractivity contribution in [3.8, 4) is 0 Å². The summed E-state index contributed by atoms with van der Waals surface area (Å²) < 4.78 is 1.03. The molecule has 2 amide bonds. The van der Waals surface area contributed by atoms with Crippen molar-refractivity contribution in [2.45, 2.75) is 13.3 Å². The van der Waals surface area contributed by atoms with E-state index in [9.17, 15) is 9.59 Å². The number of piperazine rings is 1. The van der Waals surface area contributed by atoms with Gasteiger partial charge in [0.05, 0.1) is 5.92 Å². The third kappa shape index (κ3) is 3.43. The van der Waals surface area contributed by atoms with Crippen molar-refractivity contribution < 1.29 is 9.59 Å². The maximum atomic E-state index is 12.7. The van der Waals surface area contributed by atoms with Gasteiger partial charge in [0.2, 0.25) is 11.8 Å². The van der Waals surface area contributed by atoms with Crippen LogP contribution in [0.5, 0.6) is 0 Å². The van der Waals surface area contributed by atoms with Gasteiger partial charge in [0.25, 0.3) is 0 Å². The molecule has 0 saturated carbocycles. The van der Waals surface area contributed by atoms with E-state index in [4.69, 9.17) is 0 Å². The molecule has 1 aromatic rings. The Labute approximate surface area is 145 Å². The zero-order chi connectivity index (χ0) is 16.6. The molecule has 23 heavy (non-hydrogen) atoms. The summed E-state index contributed by atoms with van der Waals surface area (Å²) >= 11 is 3.48. The van der Waals surface area contributed by atoms with Gasteiger partial charge in [-0.3, -0.25) is 9.59 Å². The first-order chi connectivity index (χ1) is 11.0. The highest BCUT2D eigenvalue weighted by Crippen LogP contribution is 2.29. The molecule has 1 unspecified atom stereocenters. The number of likely N-dealkylation sites (N-methyl/N-ethyl adjacent to an activating group) is 1. The summed E-state index contributed by atoms with van der Waals surface area (Å²) in [6, 6.07) is 5.87. The van der Waals surface area contributed by atoms with Gasteiger partial charge in [-0.05, 0) is 37.7 Å². The third-order valence-corrected chi connectivity index (χ3v) is 5.63. The molecule has 5 nitrogen and oxygen atoms in total. The van der Waals surface area contributed by atoms with Crippen LogP contribution in [0.15, 0.2) is 22.7 Å². The molecule has 2 aliphatic heterocycles. The molecular weight excluding hydrogens is 358 g/mol. The Morgan fingerprint density at radius 2 is 1.91 bits per heavy atom. The van der Waals surface area contributed by atoms with Gasteiger partial charge in [-0.25, -0.2) is 0 Å². The molecule has 124 valence electrons. The van der Waals surface area contributed by atoms with Gasteiger partial charge in [0.1, 0.15) is 0 Å². The third-order valence-electron chi connectivity index (χ3n) is 4.74. The first-order valence-electron chi connectivity index (χ1n) is 7.99. The van der Waals surface area contributed by atoms with Crippen LogP contribution in [-0.2, 0) is 9.59 Å². The van der Waals surface area contributed by atoms with Gasteiger partial charge >= 0.3 is 0 Å². The molecule has 2 fully saturated rings. The largest absolute Gasteiger partial charge is 0.340 e. The fourth-order valence-corrected chi connectivity index (χ4v) is 3.45. The quantitative estimate of drug-likeness (QED) is 0.787. The molecule has 6 heteroatoms. The minimum atomic E-state index is -0.213. The second-order valence-electron chi connectivity index (χ2n) is 6.47. The number of hydrogen-bond donors (Lipinski definition) is 0. The number of aryl methyl sites for hydroxylation is 1. The number of nitrogens with zero attached hydrogens (tertiary/aromatic N) is 3. The van der Waals surface area contributed by atoms with Crippen LogP contribution in [0.1, 0.15) is 12.0 Å². The highest BCUT2D eigenvalue weighted by Gasteiger charge is 2.37. The van der Waals surface area contributed by atoms with E-state index >= 15 is 0 Å². The van der Waals surface area contributed by atoms with Crippen molar-refractivity contribution in [2.24, 2.45) is 5.92 Å². The molecule has 2 heterocycles. The van der Waals surface area contributed by atoms with E-state index in [1.807, 2.05) is 30.0 Å². The first kappa shape index (κ1) is 16.5. The monoisotopic (exact) mass is 379 g/mol. The summed E-state index contributed by atoms with van der Waals surface area (Å²) in [7, 11) is 2.07. The normalized spacial score (nSPS) is 22.7. The molecule has 3 rings (SSSR count). The van der Waals surface area contributed by atoms with E-state index in [0.717, 1.165) is 41.9 Å². The van der Waals surface area contributed by atoms with E-state index < -0.39 is 0 Å². The Morgan fingerprint density at radius 1 is 1.22 bits per heavy atom. The van der Waals surface area contributed by atoms with Gasteiger partial charge in [-0.2, -0.15) is 0 Å². The predicted octanol–water partition coefficient (Wildman–Crippen LogP) is 1.88. The van der Waals surface area contributed by atoms with Crippen LogP contribution in [0.4, 0.5) is 5.69 Å². The number of carbonyl (C=O) groups excluding carboxylic acids is 2. The molecule has 0 radical (unpaired) electrons. The molecule has 2 aliphatic rings. The summed E-state index contributed by atoms with van der Waals surface area (Å²) in [5, 5.41) is 0. The van der Waals surface area contributed by atoms with Crippen molar-refractivity contribution in [2.75, 3.05) is 44.7 Å². The summed E-state index contributed by atoms with van der Waals surface area (Å²) in [5.41, 5.74) is 1.97. The van der Waals surface area contributed by atoms with Gasteiger partial charge in [0.15, 0.2) is 0 Å². The van der Waals surface area contributed by atoms with Gasteiger partial charge in [-0.1, -0.05) is 15.9 Å². The fourth-order valence-electron chi connectivity index (χ4n) is 3.20. The summed E-state index contributed by atoms with van der Waals surface area (Å²) in [6.45, 7) is 5.82. The van der Waals surface area contributed by atoms with E-state index in [-0.39, 0.29) is 17.7 Å². The molecule has 1 aromatic carbocycles. The fraction of sp³-hybridized carbons (Fsp3) is 0.529. The second-order valence-corrected chi connectivity index (χ2v) is 7.32. The lowest BCUT2D eigenvalue weighted by Gasteiger charge is -2.33. The maximum absolute atomic E-state index is 12.7. The van der Waals surface area contributed by atoms with Crippen molar-refractivity contribution in [3.05, 3.63) is 28.2 Å². The van der Waals surface area contributed by atoms with Gasteiger partial charge in [-0.15, -0.1) is 0 Å². The van der Waals surface area contributed by atoms with E-state index in [1.165, 1.54) is 0 Å². The molecular formula is C17H22BrN3O2. The van der Waals surface area contributed by atoms with E-state index in [0.29, 0.717) is 13.0 Å². The number of amides is 2. The minimum absolute atomic E-state index is 0.0409. The van der Waals surface area contributed by atoms with Crippen LogP contribution < -0.4 is 4.90 Å². The van der Waals surface area contributed by atoms with Crippen LogP contribution in [0.25, 0.3) is 0 Å². The number of benzene rings is 1. The van der Waals surface area contributed by atoms with Crippen LogP contribution in [0.2, 0.25) is 0 Å². The lowest BCUT2D eigenvalue weighted by molar-refractivity contribution is -0.137. The number of rotatable bonds is 2. The lowest BCUT2D eigenvalue weighted by atomic mass is 10.1. The Kier molecular flexibility index (Phi) is 4.73. The van der Waals surface area contributed by atoms with Crippen LogP contribution in [0.3, 0.4) is 0 Å². The predicted molar refractivity (Wildman–Crippen MR) is 93.4 cm³/mol. The average Bonchev–Trinajstić information content (AvgIpc) is 2.92. The smallest absolute Gasteiger partial charge is 0.228 e. The molecule has 0 spiro atoms. The Morgan fingerprint density at radius 3 is 2.57 bits per heavy atom. The molecule has 0 N–H and O–H groups in total. The molecule has 1 atom stereocenters. The van der Waals surface area contributed by atoms with Gasteiger partial charge in [0, 0.05) is 49.3 Å². The topological polar surface area (TPSA) is 43.9 Å². The Hall–Kier alpha value is -1.40. The number of hydrogen-bond acceptors (Lipinski definition) is 3. The zero-order valence-corrected chi connectivity index (χ0v) is 15.2. The van der Waals surface area contributed by atoms with Gasteiger partial charge < -0.3 is 14.7 Å². The van der Waals surface area contributed by atoms with Crippen molar-refractivity contribution in [1.29, 1.82) is 0 Å².